The molecule has 2 N–H and O–H groups in total. The minimum absolute atomic E-state index is 0.0427. The smallest absolute Gasteiger partial charge is 0.225 e. The first-order chi connectivity index (χ1) is 16.4. The number of hydrogen-bond donors (Lipinski definition) is 2. The summed E-state index contributed by atoms with van der Waals surface area (Å²) < 4.78 is 28.3. The molecule has 5 atom stereocenters. The Morgan fingerprint density at radius 3 is 2.85 bits per heavy atom. The van der Waals surface area contributed by atoms with E-state index in [1.54, 1.807) is 6.07 Å². The molecule has 0 aliphatic heterocycles. The van der Waals surface area contributed by atoms with Crippen molar-refractivity contribution in [2.24, 2.45) is 28.3 Å². The predicted molar refractivity (Wildman–Crippen MR) is 126 cm³/mol. The highest BCUT2D eigenvalue weighted by molar-refractivity contribution is 5.92. The van der Waals surface area contributed by atoms with E-state index >= 15 is 0 Å². The maximum atomic E-state index is 14.5. The van der Waals surface area contributed by atoms with Crippen LogP contribution in [0.5, 0.6) is 0 Å². The Hall–Kier alpha value is -2.83. The van der Waals surface area contributed by atoms with Gasteiger partial charge >= 0.3 is 0 Å². The van der Waals surface area contributed by atoms with E-state index in [-0.39, 0.29) is 29.4 Å². The number of benzene rings is 1. The van der Waals surface area contributed by atoms with Crippen LogP contribution in [-0.4, -0.2) is 21.8 Å². The molecule has 1 aromatic heterocycles. The molecular weight excluding hydrogens is 436 g/mol. The summed E-state index contributed by atoms with van der Waals surface area (Å²) in [6, 6.07) is 8.22. The highest BCUT2D eigenvalue weighted by Crippen LogP contribution is 2.62. The quantitative estimate of drug-likeness (QED) is 0.413. The van der Waals surface area contributed by atoms with Gasteiger partial charge in [-0.3, -0.25) is 4.79 Å². The Morgan fingerprint density at radius 1 is 1.24 bits per heavy atom. The Balaban J connectivity index is 1.30. The Kier molecular flexibility index (Phi) is 6.13. The van der Waals surface area contributed by atoms with Crippen molar-refractivity contribution in [3.63, 3.8) is 0 Å². The number of hydrogen-bond acceptors (Lipinski definition) is 4. The highest BCUT2D eigenvalue weighted by atomic mass is 19.1. The minimum atomic E-state index is -0.548. The normalized spacial score (nSPS) is 31.0. The average molecular weight is 468 g/mol. The number of amides is 1. The zero-order chi connectivity index (χ0) is 23.9. The SMILES string of the molecule is C[C@]12CCC3c4cccc(F)c4CCC3C1[C@H](CCCC(=O)Nc1ncccc1F)C/C2=N\O. The third-order valence-electron chi connectivity index (χ3n) is 8.71. The second kappa shape index (κ2) is 9.08. The molecule has 1 amide bonds. The van der Waals surface area contributed by atoms with E-state index in [4.69, 9.17) is 0 Å². The zero-order valence-corrected chi connectivity index (χ0v) is 19.4. The maximum Gasteiger partial charge on any atom is 0.225 e. The van der Waals surface area contributed by atoms with E-state index in [9.17, 15) is 18.8 Å². The molecule has 2 fully saturated rings. The second-order valence-corrected chi connectivity index (χ2v) is 10.4. The number of nitrogens with one attached hydrogen (secondary N) is 1. The molecule has 0 spiro atoms. The van der Waals surface area contributed by atoms with Crippen LogP contribution in [0.15, 0.2) is 41.7 Å². The van der Waals surface area contributed by atoms with Crippen LogP contribution in [0.2, 0.25) is 0 Å². The zero-order valence-electron chi connectivity index (χ0n) is 19.4. The van der Waals surface area contributed by atoms with E-state index in [0.29, 0.717) is 30.1 Å². The number of pyridine rings is 1. The van der Waals surface area contributed by atoms with Crippen LogP contribution in [0.4, 0.5) is 14.6 Å². The van der Waals surface area contributed by atoms with Crippen molar-refractivity contribution >= 4 is 17.4 Å². The maximum absolute atomic E-state index is 14.5. The molecular formula is C27H31F2N3O2. The van der Waals surface area contributed by atoms with Crippen LogP contribution < -0.4 is 5.32 Å². The lowest BCUT2D eigenvalue weighted by Crippen LogP contribution is -2.44. The molecule has 3 unspecified atom stereocenters. The molecule has 3 aliphatic carbocycles. The summed E-state index contributed by atoms with van der Waals surface area (Å²) in [6.45, 7) is 2.22. The topological polar surface area (TPSA) is 74.6 Å². The number of anilines is 1. The van der Waals surface area contributed by atoms with Crippen molar-refractivity contribution in [1.82, 2.24) is 4.98 Å². The summed E-state index contributed by atoms with van der Waals surface area (Å²) in [4.78, 5) is 16.3. The fourth-order valence-corrected chi connectivity index (χ4v) is 7.27. The molecule has 180 valence electrons. The van der Waals surface area contributed by atoms with Gasteiger partial charge in [-0.25, -0.2) is 13.8 Å². The minimum Gasteiger partial charge on any atom is -0.411 e. The summed E-state index contributed by atoms with van der Waals surface area (Å²) >= 11 is 0. The van der Waals surface area contributed by atoms with Gasteiger partial charge in [0, 0.05) is 18.0 Å². The Labute approximate surface area is 198 Å². The highest BCUT2D eigenvalue weighted by Gasteiger charge is 2.57. The predicted octanol–water partition coefficient (Wildman–Crippen LogP) is 6.08. The van der Waals surface area contributed by atoms with Crippen molar-refractivity contribution in [2.45, 2.75) is 64.2 Å². The van der Waals surface area contributed by atoms with Crippen molar-refractivity contribution in [3.8, 4) is 0 Å². The van der Waals surface area contributed by atoms with Gasteiger partial charge in [0.1, 0.15) is 5.82 Å². The molecule has 5 nitrogen and oxygen atoms in total. The van der Waals surface area contributed by atoms with Crippen molar-refractivity contribution in [3.05, 3.63) is 59.3 Å². The lowest BCUT2D eigenvalue weighted by molar-refractivity contribution is -0.116. The lowest BCUT2D eigenvalue weighted by Gasteiger charge is -2.50. The van der Waals surface area contributed by atoms with Gasteiger partial charge in [0.25, 0.3) is 0 Å². The fraction of sp³-hybridized carbons (Fsp3) is 0.519. The van der Waals surface area contributed by atoms with Gasteiger partial charge in [0.2, 0.25) is 5.91 Å². The van der Waals surface area contributed by atoms with Crippen LogP contribution in [-0.2, 0) is 11.2 Å². The van der Waals surface area contributed by atoms with E-state index in [0.717, 1.165) is 55.4 Å². The molecule has 5 rings (SSSR count). The number of halogens is 2. The molecule has 0 radical (unpaired) electrons. The third kappa shape index (κ3) is 3.89. The number of nitrogens with zero attached hydrogens (tertiary/aromatic N) is 2. The van der Waals surface area contributed by atoms with Crippen LogP contribution >= 0.6 is 0 Å². The van der Waals surface area contributed by atoms with Crippen LogP contribution in [0.1, 0.15) is 68.9 Å². The third-order valence-corrected chi connectivity index (χ3v) is 8.71. The summed E-state index contributed by atoms with van der Waals surface area (Å²) in [7, 11) is 0. The largest absolute Gasteiger partial charge is 0.411 e. The second-order valence-electron chi connectivity index (χ2n) is 10.4. The van der Waals surface area contributed by atoms with Gasteiger partial charge in [-0.05, 0) is 97.9 Å². The Bertz CT molecular complexity index is 1120. The molecule has 0 bridgehead atoms. The lowest BCUT2D eigenvalue weighted by atomic mass is 9.54. The monoisotopic (exact) mass is 467 g/mol. The van der Waals surface area contributed by atoms with Crippen molar-refractivity contribution < 1.29 is 18.8 Å². The van der Waals surface area contributed by atoms with Crippen LogP contribution in [0.25, 0.3) is 0 Å². The molecule has 1 aromatic carbocycles. The molecule has 34 heavy (non-hydrogen) atoms. The molecule has 0 saturated heterocycles. The molecule has 1 heterocycles. The van der Waals surface area contributed by atoms with E-state index in [1.165, 1.54) is 18.3 Å². The van der Waals surface area contributed by atoms with Crippen LogP contribution in [0, 0.1) is 34.8 Å². The fourth-order valence-electron chi connectivity index (χ4n) is 7.27. The van der Waals surface area contributed by atoms with E-state index in [1.807, 2.05) is 6.07 Å². The van der Waals surface area contributed by atoms with Gasteiger partial charge in [-0.1, -0.05) is 24.2 Å². The number of carbonyl (C=O) groups excluding carboxylic acids is 1. The first-order valence-corrected chi connectivity index (χ1v) is 12.3. The van der Waals surface area contributed by atoms with Crippen molar-refractivity contribution in [1.29, 1.82) is 0 Å². The summed E-state index contributed by atoms with van der Waals surface area (Å²) in [5.74, 6) is 0.441. The van der Waals surface area contributed by atoms with E-state index < -0.39 is 5.82 Å². The molecule has 3 aliphatic rings. The molecule has 2 aromatic rings. The van der Waals surface area contributed by atoms with Crippen molar-refractivity contribution in [2.75, 3.05) is 5.32 Å². The number of aromatic nitrogens is 1. The van der Waals surface area contributed by atoms with Gasteiger partial charge in [-0.15, -0.1) is 0 Å². The summed E-state index contributed by atoms with van der Waals surface area (Å²) in [5, 5.41) is 16.1. The summed E-state index contributed by atoms with van der Waals surface area (Å²) in [5.41, 5.74) is 2.73. The molecule has 2 saturated carbocycles. The number of oxime groups is 1. The van der Waals surface area contributed by atoms with E-state index in [2.05, 4.69) is 28.4 Å². The van der Waals surface area contributed by atoms with Gasteiger partial charge < -0.3 is 10.5 Å². The standard InChI is InChI=1S/C27H31F2N3O2/c1-27-13-12-18-17-6-3-7-21(28)19(17)10-11-20(18)25(27)16(15-23(27)32-34)5-2-9-24(33)31-26-22(29)8-4-14-30-26/h3-4,6-8,14,16,18,20,25,34H,2,5,9-13,15H2,1H3,(H,30,31,33)/b32-23+/t16-,18?,20?,25?,27-/m1/s1. The van der Waals surface area contributed by atoms with Gasteiger partial charge in [-0.2, -0.15) is 0 Å². The van der Waals surface area contributed by atoms with Crippen LogP contribution in [0.3, 0.4) is 0 Å². The van der Waals surface area contributed by atoms with Gasteiger partial charge in [0.05, 0.1) is 5.71 Å². The summed E-state index contributed by atoms with van der Waals surface area (Å²) in [6.07, 6.45) is 7.52. The van der Waals surface area contributed by atoms with Gasteiger partial charge in [0.15, 0.2) is 11.6 Å². The number of rotatable bonds is 5. The first-order valence-electron chi connectivity index (χ1n) is 12.3. The first kappa shape index (κ1) is 22.9. The Morgan fingerprint density at radius 2 is 2.06 bits per heavy atom. The number of carbonyl (C=O) groups is 1. The molecule has 7 heteroatoms. The average Bonchev–Trinajstić information content (AvgIpc) is 3.12. The number of fused-ring (bicyclic) bond motifs is 5.